The van der Waals surface area contributed by atoms with E-state index in [-0.39, 0.29) is 25.9 Å². The summed E-state index contributed by atoms with van der Waals surface area (Å²) in [6.45, 7) is 5.73. The van der Waals surface area contributed by atoms with Gasteiger partial charge in [0.1, 0.15) is 18.8 Å². The molecule has 0 amide bonds. The Morgan fingerprint density at radius 1 is 0.466 bits per heavy atom. The normalized spacial score (nSPS) is 19.1. The van der Waals surface area contributed by atoms with Crippen molar-refractivity contribution in [1.29, 1.82) is 0 Å². The van der Waals surface area contributed by atoms with Crippen LogP contribution in [-0.4, -0.2) is 89.2 Å². The van der Waals surface area contributed by atoms with Crippen LogP contribution in [0.5, 0.6) is 0 Å². The van der Waals surface area contributed by atoms with Crippen molar-refractivity contribution >= 4 is 23.9 Å². The predicted octanol–water partition coefficient (Wildman–Crippen LogP) is 14.1. The van der Waals surface area contributed by atoms with Crippen LogP contribution in [0.1, 0.15) is 213 Å². The van der Waals surface area contributed by atoms with E-state index in [1.54, 1.807) is 0 Å². The Labute approximate surface area is 441 Å². The zero-order valence-electron chi connectivity index (χ0n) is 45.3. The number of unbranched alkanes of at least 4 members (excludes halogenated alkanes) is 16. The molecule has 1 aliphatic rings. The lowest BCUT2D eigenvalue weighted by atomic mass is 9.98. The number of rotatable bonds is 46. The molecule has 73 heavy (non-hydrogen) atoms. The number of carbonyl (C=O) groups is 4. The molecule has 0 aromatic carbocycles. The molecule has 0 bridgehead atoms. The van der Waals surface area contributed by atoms with E-state index in [2.05, 4.69) is 112 Å². The molecule has 12 nitrogen and oxygen atoms in total. The molecule has 1 rings (SSSR count). The van der Waals surface area contributed by atoms with Crippen LogP contribution in [-0.2, 0) is 42.9 Å². The molecule has 0 spiro atoms. The number of aliphatic hydroxyl groups excluding tert-OH is 2. The average molecular weight is 1020 g/mol. The van der Waals surface area contributed by atoms with Gasteiger partial charge in [0, 0.05) is 19.3 Å². The van der Waals surface area contributed by atoms with E-state index >= 15 is 0 Å². The third kappa shape index (κ3) is 38.8. The van der Waals surface area contributed by atoms with Gasteiger partial charge in [-0.15, -0.1) is 0 Å². The minimum absolute atomic E-state index is 0.0340. The van der Waals surface area contributed by atoms with Gasteiger partial charge in [-0.05, 0) is 109 Å². The summed E-state index contributed by atoms with van der Waals surface area (Å²) in [6, 6.07) is 0. The lowest BCUT2D eigenvalue weighted by Crippen LogP contribution is -2.61. The van der Waals surface area contributed by atoms with Crippen molar-refractivity contribution in [2.24, 2.45) is 0 Å². The van der Waals surface area contributed by atoms with Crippen molar-refractivity contribution in [3.8, 4) is 0 Å². The van der Waals surface area contributed by atoms with Crippen LogP contribution in [0.4, 0.5) is 0 Å². The van der Waals surface area contributed by atoms with Gasteiger partial charge in [0.25, 0.3) is 0 Å². The van der Waals surface area contributed by atoms with Gasteiger partial charge in [-0.3, -0.25) is 14.4 Å². The van der Waals surface area contributed by atoms with Crippen molar-refractivity contribution < 1.29 is 58.2 Å². The van der Waals surface area contributed by atoms with E-state index in [9.17, 15) is 34.5 Å². The van der Waals surface area contributed by atoms with Crippen LogP contribution in [0.3, 0.4) is 0 Å². The standard InChI is InChI=1S/C61H98O12/c1-4-7-10-13-16-19-22-24-26-27-29-30-33-35-38-41-44-47-53(62)69-50-52(71-54(63)48-45-42-39-36-32-21-18-15-12-9-6-3)51-70-61-59(57(66)56(65)58(73-61)60(67)68)72-55(64)49-46-43-40-37-34-31-28-25-23-20-17-14-11-8-5-2/h7,10,15-20,24-26,28-30,35,38,52,56-59,61,65-66H,4-6,8-9,11-14,21-23,27,31-34,36-37,39-51H2,1-3H3,(H,67,68)/b10-7-,18-15-,19-16-,20-17-,26-24-,28-25-,30-29-,38-35-. The fraction of sp³-hybridized carbons (Fsp3) is 0.672. The van der Waals surface area contributed by atoms with E-state index in [4.69, 9.17) is 23.7 Å². The summed E-state index contributed by atoms with van der Waals surface area (Å²) in [5, 5.41) is 31.4. The highest BCUT2D eigenvalue weighted by atomic mass is 16.7. The van der Waals surface area contributed by atoms with Crippen LogP contribution in [0.25, 0.3) is 0 Å². The van der Waals surface area contributed by atoms with Gasteiger partial charge in [0.05, 0.1) is 6.61 Å². The highest BCUT2D eigenvalue weighted by Crippen LogP contribution is 2.26. The molecule has 1 saturated heterocycles. The van der Waals surface area contributed by atoms with Crippen molar-refractivity contribution in [3.63, 3.8) is 0 Å². The SMILES string of the molecule is CC/C=C\C/C=C\C/C=C\C/C=C\C/C=C\CCCC(=O)OCC(COC1OC(C(=O)O)C(O)C(O)C1OC(=O)CCCCCCC/C=C\C/C=C\CCCCC)OC(=O)CCCCCCC/C=C\CCCC. The van der Waals surface area contributed by atoms with Crippen LogP contribution < -0.4 is 0 Å². The second-order valence-electron chi connectivity index (χ2n) is 18.8. The van der Waals surface area contributed by atoms with E-state index in [0.29, 0.717) is 25.7 Å². The number of ether oxygens (including phenoxy) is 5. The van der Waals surface area contributed by atoms with Gasteiger partial charge in [0.15, 0.2) is 24.6 Å². The monoisotopic (exact) mass is 1020 g/mol. The molecular weight excluding hydrogens is 925 g/mol. The fourth-order valence-electron chi connectivity index (χ4n) is 7.77. The largest absolute Gasteiger partial charge is 0.479 e. The summed E-state index contributed by atoms with van der Waals surface area (Å²) in [5.41, 5.74) is 0. The molecular formula is C61H98O12. The number of carboxylic acids is 1. The number of aliphatic carboxylic acids is 1. The molecule has 0 aromatic heterocycles. The van der Waals surface area contributed by atoms with Crippen LogP contribution in [0.15, 0.2) is 97.2 Å². The van der Waals surface area contributed by atoms with Gasteiger partial charge in [-0.25, -0.2) is 4.79 Å². The minimum Gasteiger partial charge on any atom is -0.479 e. The maximum Gasteiger partial charge on any atom is 0.335 e. The zero-order valence-corrected chi connectivity index (χ0v) is 45.3. The van der Waals surface area contributed by atoms with E-state index in [0.717, 1.165) is 116 Å². The van der Waals surface area contributed by atoms with Crippen molar-refractivity contribution in [1.82, 2.24) is 0 Å². The number of hydrogen-bond acceptors (Lipinski definition) is 11. The van der Waals surface area contributed by atoms with E-state index < -0.39 is 67.3 Å². The Kier molecular flexibility index (Phi) is 44.4. The summed E-state index contributed by atoms with van der Waals surface area (Å²) in [4.78, 5) is 51.0. The summed E-state index contributed by atoms with van der Waals surface area (Å²) in [6.07, 6.45) is 51.0. The van der Waals surface area contributed by atoms with Crippen LogP contribution in [0, 0.1) is 0 Å². The number of carboxylic acid groups (broad SMARTS) is 1. The number of aliphatic hydroxyl groups is 2. The average Bonchev–Trinajstić information content (AvgIpc) is 3.37. The van der Waals surface area contributed by atoms with Gasteiger partial charge in [-0.2, -0.15) is 0 Å². The number of allylic oxidation sites excluding steroid dienone is 16. The molecule has 12 heteroatoms. The zero-order chi connectivity index (χ0) is 53.3. The number of esters is 3. The highest BCUT2D eigenvalue weighted by molar-refractivity contribution is 5.74. The molecule has 0 aromatic rings. The topological polar surface area (TPSA) is 175 Å². The van der Waals surface area contributed by atoms with Crippen LogP contribution >= 0.6 is 0 Å². The second kappa shape index (κ2) is 48.6. The smallest absolute Gasteiger partial charge is 0.335 e. The maximum atomic E-state index is 13.1. The Morgan fingerprint density at radius 2 is 0.890 bits per heavy atom. The first-order valence-corrected chi connectivity index (χ1v) is 28.2. The summed E-state index contributed by atoms with van der Waals surface area (Å²) >= 11 is 0. The van der Waals surface area contributed by atoms with Gasteiger partial charge < -0.3 is 39.0 Å². The lowest BCUT2D eigenvalue weighted by molar-refractivity contribution is -0.301. The van der Waals surface area contributed by atoms with Crippen molar-refractivity contribution in [3.05, 3.63) is 97.2 Å². The lowest BCUT2D eigenvalue weighted by Gasteiger charge is -2.40. The molecule has 6 atom stereocenters. The Bertz CT molecular complexity index is 1640. The highest BCUT2D eigenvalue weighted by Gasteiger charge is 2.50. The second-order valence-corrected chi connectivity index (χ2v) is 18.8. The molecule has 1 aliphatic heterocycles. The first-order chi connectivity index (χ1) is 35.6. The minimum atomic E-state index is -1.92. The molecule has 6 unspecified atom stereocenters. The van der Waals surface area contributed by atoms with Gasteiger partial charge in [0.2, 0.25) is 0 Å². The summed E-state index contributed by atoms with van der Waals surface area (Å²) < 4.78 is 28.3. The van der Waals surface area contributed by atoms with Gasteiger partial charge >= 0.3 is 23.9 Å². The third-order valence-corrected chi connectivity index (χ3v) is 12.1. The third-order valence-electron chi connectivity index (χ3n) is 12.1. The first kappa shape index (κ1) is 66.7. The summed E-state index contributed by atoms with van der Waals surface area (Å²) in [5.74, 6) is -3.24. The summed E-state index contributed by atoms with van der Waals surface area (Å²) in [7, 11) is 0. The molecule has 1 fully saturated rings. The molecule has 3 N–H and O–H groups in total. The quantitative estimate of drug-likeness (QED) is 0.0228. The Balaban J connectivity index is 2.75. The number of carbonyl (C=O) groups excluding carboxylic acids is 3. The molecule has 1 heterocycles. The van der Waals surface area contributed by atoms with Gasteiger partial charge in [-0.1, -0.05) is 182 Å². The van der Waals surface area contributed by atoms with E-state index in [1.807, 2.05) is 6.08 Å². The van der Waals surface area contributed by atoms with Crippen LogP contribution in [0.2, 0.25) is 0 Å². The maximum absolute atomic E-state index is 13.1. The van der Waals surface area contributed by atoms with Crippen molar-refractivity contribution in [2.45, 2.75) is 250 Å². The molecule has 0 aliphatic carbocycles. The fourth-order valence-corrected chi connectivity index (χ4v) is 7.77. The first-order valence-electron chi connectivity index (χ1n) is 28.2. The molecule has 414 valence electrons. The van der Waals surface area contributed by atoms with Crippen molar-refractivity contribution in [2.75, 3.05) is 13.2 Å². The molecule has 0 saturated carbocycles. The number of hydrogen-bond donors (Lipinski definition) is 3. The Hall–Kier alpha value is -4.36. The predicted molar refractivity (Wildman–Crippen MR) is 294 cm³/mol. The molecule has 0 radical (unpaired) electrons. The van der Waals surface area contributed by atoms with E-state index in [1.165, 1.54) is 32.1 Å². The Morgan fingerprint density at radius 3 is 1.41 bits per heavy atom.